The van der Waals surface area contributed by atoms with Crippen LogP contribution in [-0.4, -0.2) is 47.4 Å². The predicted molar refractivity (Wildman–Crippen MR) is 102 cm³/mol. The van der Waals surface area contributed by atoms with Crippen LogP contribution in [0, 0.1) is 12.8 Å². The third kappa shape index (κ3) is 3.36. The number of nitrogens with zero attached hydrogens (tertiary/aromatic N) is 2. The zero-order valence-electron chi connectivity index (χ0n) is 15.8. The molecule has 2 saturated heterocycles. The fraction of sp³-hybridized carbons (Fsp3) is 0.682. The van der Waals surface area contributed by atoms with Crippen LogP contribution in [0.3, 0.4) is 0 Å². The molecule has 1 aliphatic carbocycles. The predicted octanol–water partition coefficient (Wildman–Crippen LogP) is 3.96. The maximum absolute atomic E-state index is 12.2. The molecular weight excluding hydrogens is 308 g/mol. The monoisotopic (exact) mass is 340 g/mol. The number of piperidine rings is 1. The minimum atomic E-state index is 0.260. The highest BCUT2D eigenvalue weighted by Crippen LogP contribution is 2.42. The van der Waals surface area contributed by atoms with E-state index in [1.165, 1.54) is 56.3 Å². The molecule has 1 amide bonds. The van der Waals surface area contributed by atoms with Gasteiger partial charge in [0.25, 0.3) is 0 Å². The second kappa shape index (κ2) is 7.11. The summed E-state index contributed by atoms with van der Waals surface area (Å²) in [6, 6.07) is 10.2. The number of fused-ring (bicyclic) bond motifs is 1. The highest BCUT2D eigenvalue weighted by Gasteiger charge is 2.46. The van der Waals surface area contributed by atoms with Crippen molar-refractivity contribution in [3.63, 3.8) is 0 Å². The van der Waals surface area contributed by atoms with Crippen LogP contribution in [0.1, 0.15) is 62.5 Å². The molecule has 2 heterocycles. The molecule has 3 aliphatic rings. The normalized spacial score (nSPS) is 31.1. The first-order valence-electron chi connectivity index (χ1n) is 10.2. The van der Waals surface area contributed by atoms with Crippen LogP contribution in [0.25, 0.3) is 0 Å². The van der Waals surface area contributed by atoms with Crippen molar-refractivity contribution in [3.05, 3.63) is 35.4 Å². The van der Waals surface area contributed by atoms with Crippen molar-refractivity contribution < 1.29 is 4.79 Å². The number of carbonyl (C=O) groups excluding carboxylic acids is 1. The third-order valence-corrected chi connectivity index (χ3v) is 6.93. The minimum absolute atomic E-state index is 0.260. The van der Waals surface area contributed by atoms with Gasteiger partial charge in [0, 0.05) is 50.5 Å². The molecular formula is C22H32N2O. The van der Waals surface area contributed by atoms with Crippen LogP contribution >= 0.6 is 0 Å². The molecule has 0 spiro atoms. The van der Waals surface area contributed by atoms with Gasteiger partial charge in [-0.05, 0) is 31.7 Å². The second-order valence-corrected chi connectivity index (χ2v) is 8.50. The molecule has 3 atom stereocenters. The van der Waals surface area contributed by atoms with Gasteiger partial charge in [0.1, 0.15) is 0 Å². The van der Waals surface area contributed by atoms with E-state index in [-0.39, 0.29) is 5.91 Å². The lowest BCUT2D eigenvalue weighted by molar-refractivity contribution is -0.130. The van der Waals surface area contributed by atoms with E-state index in [2.05, 4.69) is 41.0 Å². The highest BCUT2D eigenvalue weighted by atomic mass is 16.2. The van der Waals surface area contributed by atoms with E-state index in [4.69, 9.17) is 0 Å². The average Bonchev–Trinajstić information content (AvgIpc) is 3.01. The van der Waals surface area contributed by atoms with Crippen LogP contribution in [0.4, 0.5) is 0 Å². The van der Waals surface area contributed by atoms with E-state index in [0.29, 0.717) is 17.9 Å². The van der Waals surface area contributed by atoms with E-state index in [9.17, 15) is 4.79 Å². The molecule has 2 aliphatic heterocycles. The summed E-state index contributed by atoms with van der Waals surface area (Å²) in [5.74, 6) is 1.36. The second-order valence-electron chi connectivity index (χ2n) is 8.50. The molecule has 1 aromatic rings. The number of amides is 1. The fourth-order valence-electron chi connectivity index (χ4n) is 5.65. The van der Waals surface area contributed by atoms with Crippen molar-refractivity contribution >= 4 is 5.91 Å². The maximum atomic E-state index is 12.2. The van der Waals surface area contributed by atoms with Gasteiger partial charge in [-0.25, -0.2) is 0 Å². The van der Waals surface area contributed by atoms with Gasteiger partial charge in [-0.2, -0.15) is 0 Å². The Kier molecular flexibility index (Phi) is 4.86. The van der Waals surface area contributed by atoms with Crippen LogP contribution in [0.5, 0.6) is 0 Å². The van der Waals surface area contributed by atoms with Crippen LogP contribution in [-0.2, 0) is 4.79 Å². The molecule has 1 saturated carbocycles. The lowest BCUT2D eigenvalue weighted by Gasteiger charge is -2.43. The van der Waals surface area contributed by atoms with Gasteiger partial charge < -0.3 is 4.90 Å². The Morgan fingerprint density at radius 3 is 2.60 bits per heavy atom. The average molecular weight is 341 g/mol. The number of likely N-dealkylation sites (tertiary alicyclic amines) is 2. The summed E-state index contributed by atoms with van der Waals surface area (Å²) in [5, 5.41) is 0. The maximum Gasteiger partial charge on any atom is 0.219 e. The molecule has 136 valence electrons. The zero-order valence-corrected chi connectivity index (χ0v) is 15.8. The first kappa shape index (κ1) is 17.1. The van der Waals surface area contributed by atoms with E-state index in [0.717, 1.165) is 19.0 Å². The molecule has 1 aromatic carbocycles. The highest BCUT2D eigenvalue weighted by molar-refractivity contribution is 5.74. The Labute approximate surface area is 152 Å². The Balaban J connectivity index is 1.57. The quantitative estimate of drug-likeness (QED) is 0.813. The van der Waals surface area contributed by atoms with Gasteiger partial charge in [0.2, 0.25) is 5.91 Å². The number of hydrogen-bond donors (Lipinski definition) is 0. The first-order chi connectivity index (χ1) is 12.1. The van der Waals surface area contributed by atoms with E-state index >= 15 is 0 Å². The summed E-state index contributed by atoms with van der Waals surface area (Å²) in [4.78, 5) is 17.2. The van der Waals surface area contributed by atoms with E-state index in [1.807, 2.05) is 0 Å². The molecule has 0 aromatic heterocycles. The molecule has 4 rings (SSSR count). The topological polar surface area (TPSA) is 23.6 Å². The number of benzene rings is 1. The largest absolute Gasteiger partial charge is 0.339 e. The van der Waals surface area contributed by atoms with Gasteiger partial charge in [-0.15, -0.1) is 0 Å². The van der Waals surface area contributed by atoms with Gasteiger partial charge in [-0.1, -0.05) is 49.1 Å². The Hall–Kier alpha value is -1.35. The molecule has 3 nitrogen and oxygen atoms in total. The van der Waals surface area contributed by atoms with Crippen LogP contribution < -0.4 is 0 Å². The summed E-state index contributed by atoms with van der Waals surface area (Å²) in [7, 11) is 0. The summed E-state index contributed by atoms with van der Waals surface area (Å²) in [6.45, 7) is 7.19. The Morgan fingerprint density at radius 1 is 1.08 bits per heavy atom. The minimum Gasteiger partial charge on any atom is -0.339 e. The van der Waals surface area contributed by atoms with Crippen LogP contribution in [0.2, 0.25) is 0 Å². The number of hydrogen-bond acceptors (Lipinski definition) is 2. The van der Waals surface area contributed by atoms with Crippen molar-refractivity contribution in [3.8, 4) is 0 Å². The number of carbonyl (C=O) groups is 1. The molecule has 0 N–H and O–H groups in total. The first-order valence-corrected chi connectivity index (χ1v) is 10.2. The van der Waals surface area contributed by atoms with Gasteiger partial charge >= 0.3 is 0 Å². The summed E-state index contributed by atoms with van der Waals surface area (Å²) in [6.07, 6.45) is 8.13. The van der Waals surface area contributed by atoms with Gasteiger partial charge in [-0.3, -0.25) is 9.69 Å². The van der Waals surface area contributed by atoms with Gasteiger partial charge in [0.05, 0.1) is 0 Å². The van der Waals surface area contributed by atoms with Crippen molar-refractivity contribution in [2.45, 2.75) is 70.4 Å². The Morgan fingerprint density at radius 2 is 1.88 bits per heavy atom. The van der Waals surface area contributed by atoms with Crippen molar-refractivity contribution in [1.82, 2.24) is 9.80 Å². The summed E-state index contributed by atoms with van der Waals surface area (Å²) >= 11 is 0. The number of aryl methyl sites for hydroxylation is 1. The van der Waals surface area contributed by atoms with Crippen molar-refractivity contribution in [2.75, 3.05) is 19.6 Å². The zero-order chi connectivity index (χ0) is 17.4. The SMILES string of the molecule is CC(=O)N1C[C@@H](c2cccc(C)c2)[C@@H]2CN(C3CCCCC3)CC[C@@H]21. The molecule has 3 fully saturated rings. The number of rotatable bonds is 2. The third-order valence-electron chi connectivity index (χ3n) is 6.93. The molecule has 0 bridgehead atoms. The van der Waals surface area contributed by atoms with E-state index < -0.39 is 0 Å². The summed E-state index contributed by atoms with van der Waals surface area (Å²) < 4.78 is 0. The van der Waals surface area contributed by atoms with Crippen molar-refractivity contribution in [2.24, 2.45) is 5.92 Å². The Bertz CT molecular complexity index is 622. The molecule has 25 heavy (non-hydrogen) atoms. The lowest BCUT2D eigenvalue weighted by Crippen LogP contribution is -2.51. The standard InChI is InChI=1S/C22H32N2O/c1-16-7-6-8-18(13-16)20-15-24(17(2)25)22-11-12-23(14-21(20)22)19-9-4-3-5-10-19/h6-8,13,19-22H,3-5,9-12,14-15H2,1-2H3/t20-,21-,22-/m0/s1. The molecule has 0 radical (unpaired) electrons. The van der Waals surface area contributed by atoms with E-state index in [1.54, 1.807) is 6.92 Å². The smallest absolute Gasteiger partial charge is 0.219 e. The van der Waals surface area contributed by atoms with Crippen LogP contribution in [0.15, 0.2) is 24.3 Å². The van der Waals surface area contributed by atoms with Crippen molar-refractivity contribution in [1.29, 1.82) is 0 Å². The summed E-state index contributed by atoms with van der Waals surface area (Å²) in [5.41, 5.74) is 2.76. The molecule has 0 unspecified atom stereocenters. The lowest BCUT2D eigenvalue weighted by atomic mass is 9.80. The fourth-order valence-corrected chi connectivity index (χ4v) is 5.65. The van der Waals surface area contributed by atoms with Gasteiger partial charge in [0.15, 0.2) is 0 Å². The molecule has 3 heteroatoms.